The molecule has 2 heterocycles. The summed E-state index contributed by atoms with van der Waals surface area (Å²) in [6.07, 6.45) is 1.04. The van der Waals surface area contributed by atoms with E-state index in [4.69, 9.17) is 4.74 Å². The van der Waals surface area contributed by atoms with Crippen molar-refractivity contribution in [3.05, 3.63) is 21.7 Å². The molecular formula is C12H19N3O3. The standard InChI is InChI=1S/C12H19N3O3/c1-3-4-8-11(16)13-10(14-12(8)17)9-7-15(2)5-6-18-9/h9H,3-7H2,1-2H3,(H2,13,14,16,17). The SMILES string of the molecule is CCCc1c(O)nc(C2CN(C)CCO2)[nH]c1=O. The zero-order valence-corrected chi connectivity index (χ0v) is 10.8. The van der Waals surface area contributed by atoms with Crippen LogP contribution in [0.5, 0.6) is 5.88 Å². The lowest BCUT2D eigenvalue weighted by molar-refractivity contribution is -0.0258. The van der Waals surface area contributed by atoms with Gasteiger partial charge < -0.3 is 19.7 Å². The second-order valence-corrected chi connectivity index (χ2v) is 4.63. The summed E-state index contributed by atoms with van der Waals surface area (Å²) in [7, 11) is 1.99. The second-order valence-electron chi connectivity index (χ2n) is 4.63. The van der Waals surface area contributed by atoms with E-state index in [1.54, 1.807) is 0 Å². The Morgan fingerprint density at radius 2 is 2.39 bits per heavy atom. The smallest absolute Gasteiger partial charge is 0.258 e. The first-order chi connectivity index (χ1) is 8.61. The highest BCUT2D eigenvalue weighted by atomic mass is 16.5. The molecule has 1 atom stereocenters. The molecule has 1 fully saturated rings. The molecular weight excluding hydrogens is 234 g/mol. The first kappa shape index (κ1) is 13.0. The van der Waals surface area contributed by atoms with Crippen molar-refractivity contribution < 1.29 is 9.84 Å². The Kier molecular flexibility index (Phi) is 3.98. The second kappa shape index (κ2) is 5.49. The van der Waals surface area contributed by atoms with Crippen molar-refractivity contribution in [3.8, 4) is 5.88 Å². The van der Waals surface area contributed by atoms with Crippen LogP contribution in [0.15, 0.2) is 4.79 Å². The maximum atomic E-state index is 11.9. The first-order valence-corrected chi connectivity index (χ1v) is 6.24. The van der Waals surface area contributed by atoms with Crippen LogP contribution in [0, 0.1) is 0 Å². The average Bonchev–Trinajstić information content (AvgIpc) is 2.33. The molecule has 1 unspecified atom stereocenters. The fourth-order valence-corrected chi connectivity index (χ4v) is 2.07. The Bertz CT molecular complexity index is 472. The highest BCUT2D eigenvalue weighted by Gasteiger charge is 2.23. The van der Waals surface area contributed by atoms with Gasteiger partial charge in [0.05, 0.1) is 12.2 Å². The van der Waals surface area contributed by atoms with Crippen molar-refractivity contribution in [2.24, 2.45) is 0 Å². The van der Waals surface area contributed by atoms with E-state index in [1.807, 2.05) is 14.0 Å². The number of ether oxygens (including phenoxy) is 1. The van der Waals surface area contributed by atoms with Gasteiger partial charge in [0.2, 0.25) is 5.88 Å². The van der Waals surface area contributed by atoms with Crippen LogP contribution in [0.25, 0.3) is 0 Å². The lowest BCUT2D eigenvalue weighted by Crippen LogP contribution is -2.36. The van der Waals surface area contributed by atoms with Crippen LogP contribution < -0.4 is 5.56 Å². The van der Waals surface area contributed by atoms with Crippen molar-refractivity contribution in [1.29, 1.82) is 0 Å². The summed E-state index contributed by atoms with van der Waals surface area (Å²) in [5.74, 6) is 0.233. The molecule has 1 aromatic heterocycles. The molecule has 1 aromatic rings. The van der Waals surface area contributed by atoms with Gasteiger partial charge in [-0.1, -0.05) is 13.3 Å². The highest BCUT2D eigenvalue weighted by molar-refractivity contribution is 5.23. The number of hydrogen-bond donors (Lipinski definition) is 2. The van der Waals surface area contributed by atoms with E-state index in [-0.39, 0.29) is 17.5 Å². The minimum absolute atomic E-state index is 0.174. The van der Waals surface area contributed by atoms with Crippen molar-refractivity contribution in [2.45, 2.75) is 25.9 Å². The fraction of sp³-hybridized carbons (Fsp3) is 0.667. The van der Waals surface area contributed by atoms with Crippen LogP contribution in [-0.4, -0.2) is 46.7 Å². The molecule has 0 aliphatic carbocycles. The predicted octanol–water partition coefficient (Wildman–Crippen LogP) is 0.431. The molecule has 0 aromatic carbocycles. The fourth-order valence-electron chi connectivity index (χ4n) is 2.07. The topological polar surface area (TPSA) is 78.5 Å². The molecule has 1 aliphatic rings. The van der Waals surface area contributed by atoms with Crippen molar-refractivity contribution in [2.75, 3.05) is 26.7 Å². The molecule has 6 nitrogen and oxygen atoms in total. The Labute approximate surface area is 106 Å². The molecule has 1 aliphatic heterocycles. The zero-order valence-electron chi connectivity index (χ0n) is 10.8. The molecule has 18 heavy (non-hydrogen) atoms. The molecule has 0 amide bonds. The summed E-state index contributed by atoms with van der Waals surface area (Å²) >= 11 is 0. The van der Waals surface area contributed by atoms with Crippen molar-refractivity contribution >= 4 is 0 Å². The van der Waals surface area contributed by atoms with E-state index in [0.29, 0.717) is 31.0 Å². The minimum atomic E-state index is -0.280. The van der Waals surface area contributed by atoms with Gasteiger partial charge in [-0.05, 0) is 13.5 Å². The lowest BCUT2D eigenvalue weighted by atomic mass is 10.2. The van der Waals surface area contributed by atoms with Crippen LogP contribution in [0.3, 0.4) is 0 Å². The molecule has 0 spiro atoms. The summed E-state index contributed by atoms with van der Waals surface area (Å²) in [4.78, 5) is 20.7. The van der Waals surface area contributed by atoms with Gasteiger partial charge in [0.1, 0.15) is 11.9 Å². The summed E-state index contributed by atoms with van der Waals surface area (Å²) in [6, 6.07) is 0. The molecule has 2 N–H and O–H groups in total. The Morgan fingerprint density at radius 1 is 1.61 bits per heavy atom. The van der Waals surface area contributed by atoms with Crippen LogP contribution in [0.1, 0.15) is 30.8 Å². The van der Waals surface area contributed by atoms with Gasteiger partial charge in [-0.15, -0.1) is 0 Å². The third-order valence-corrected chi connectivity index (χ3v) is 3.09. The van der Waals surface area contributed by atoms with Crippen LogP contribution in [0.2, 0.25) is 0 Å². The number of nitrogens with zero attached hydrogens (tertiary/aromatic N) is 2. The largest absolute Gasteiger partial charge is 0.493 e. The summed E-state index contributed by atoms with van der Waals surface area (Å²) in [6.45, 7) is 4.07. The number of likely N-dealkylation sites (N-methyl/N-ethyl adjacent to an activating group) is 1. The number of H-pyrrole nitrogens is 1. The Hall–Kier alpha value is -1.40. The van der Waals surface area contributed by atoms with E-state index >= 15 is 0 Å². The number of aromatic nitrogens is 2. The number of aromatic amines is 1. The van der Waals surface area contributed by atoms with E-state index in [1.165, 1.54) is 0 Å². The van der Waals surface area contributed by atoms with Crippen molar-refractivity contribution in [1.82, 2.24) is 14.9 Å². The molecule has 0 radical (unpaired) electrons. The van der Waals surface area contributed by atoms with Crippen LogP contribution in [0.4, 0.5) is 0 Å². The molecule has 1 saturated heterocycles. The van der Waals surface area contributed by atoms with E-state index < -0.39 is 0 Å². The third kappa shape index (κ3) is 2.70. The van der Waals surface area contributed by atoms with Gasteiger partial charge in [-0.3, -0.25) is 4.79 Å². The van der Waals surface area contributed by atoms with E-state index in [9.17, 15) is 9.90 Å². The monoisotopic (exact) mass is 253 g/mol. The normalized spacial score (nSPS) is 21.1. The summed E-state index contributed by atoms with van der Waals surface area (Å²) in [5, 5.41) is 9.80. The van der Waals surface area contributed by atoms with E-state index in [2.05, 4.69) is 14.9 Å². The molecule has 0 bridgehead atoms. The molecule has 2 rings (SSSR count). The number of nitrogens with one attached hydrogen (secondary N) is 1. The third-order valence-electron chi connectivity index (χ3n) is 3.09. The average molecular weight is 253 g/mol. The van der Waals surface area contributed by atoms with Gasteiger partial charge in [-0.2, -0.15) is 4.98 Å². The maximum absolute atomic E-state index is 11.9. The van der Waals surface area contributed by atoms with E-state index in [0.717, 1.165) is 13.0 Å². The van der Waals surface area contributed by atoms with Gasteiger partial charge in [0.25, 0.3) is 5.56 Å². The summed E-state index contributed by atoms with van der Waals surface area (Å²) in [5.41, 5.74) is 0.0848. The van der Waals surface area contributed by atoms with Gasteiger partial charge in [0.15, 0.2) is 0 Å². The van der Waals surface area contributed by atoms with Crippen LogP contribution >= 0.6 is 0 Å². The lowest BCUT2D eigenvalue weighted by Gasteiger charge is -2.29. The number of hydrogen-bond acceptors (Lipinski definition) is 5. The number of rotatable bonds is 3. The number of aromatic hydroxyl groups is 1. The Morgan fingerprint density at radius 3 is 3.00 bits per heavy atom. The summed E-state index contributed by atoms with van der Waals surface area (Å²) < 4.78 is 5.56. The van der Waals surface area contributed by atoms with Gasteiger partial charge in [0, 0.05) is 13.1 Å². The first-order valence-electron chi connectivity index (χ1n) is 6.24. The number of morpholine rings is 1. The van der Waals surface area contributed by atoms with Gasteiger partial charge in [-0.25, -0.2) is 0 Å². The van der Waals surface area contributed by atoms with Crippen molar-refractivity contribution in [3.63, 3.8) is 0 Å². The zero-order chi connectivity index (χ0) is 13.1. The Balaban J connectivity index is 2.27. The minimum Gasteiger partial charge on any atom is -0.493 e. The predicted molar refractivity (Wildman–Crippen MR) is 66.7 cm³/mol. The maximum Gasteiger partial charge on any atom is 0.258 e. The molecule has 6 heteroatoms. The quantitative estimate of drug-likeness (QED) is 0.816. The van der Waals surface area contributed by atoms with Gasteiger partial charge >= 0.3 is 0 Å². The highest BCUT2D eigenvalue weighted by Crippen LogP contribution is 2.20. The molecule has 0 saturated carbocycles. The molecule has 100 valence electrons. The van der Waals surface area contributed by atoms with Crippen LogP contribution in [-0.2, 0) is 11.2 Å².